The maximum absolute atomic E-state index is 12.8. The largest absolute Gasteiger partial charge is 0.496 e. The first-order valence-electron chi connectivity index (χ1n) is 7.50. The van der Waals surface area contributed by atoms with Crippen molar-refractivity contribution < 1.29 is 14.3 Å². The number of ether oxygens (including phenoxy) is 1. The number of amides is 2. The molecule has 1 unspecified atom stereocenters. The molecule has 0 radical (unpaired) electrons. The van der Waals surface area contributed by atoms with Crippen molar-refractivity contribution in [2.24, 2.45) is 0 Å². The minimum absolute atomic E-state index is 0.0892. The second kappa shape index (κ2) is 7.49. The standard InChI is InChI=1S/C16H21ClN2O3/c1-3-8-18-15(20)13-5-4-9-19(13)16(21)12-10-11(17)6-7-14(12)22-2/h6-7,10,13H,3-5,8-9H2,1-2H3,(H,18,20). The lowest BCUT2D eigenvalue weighted by atomic mass is 10.1. The number of carbonyl (C=O) groups is 2. The van der Waals surface area contributed by atoms with E-state index in [9.17, 15) is 9.59 Å². The van der Waals surface area contributed by atoms with Crippen molar-refractivity contribution in [2.75, 3.05) is 20.2 Å². The van der Waals surface area contributed by atoms with Gasteiger partial charge in [0.25, 0.3) is 5.91 Å². The molecule has 2 rings (SSSR count). The molecule has 120 valence electrons. The SMILES string of the molecule is CCCNC(=O)C1CCCN1C(=O)c1cc(Cl)ccc1OC. The van der Waals surface area contributed by atoms with Crippen molar-refractivity contribution in [1.82, 2.24) is 10.2 Å². The van der Waals surface area contributed by atoms with Gasteiger partial charge in [-0.25, -0.2) is 0 Å². The third kappa shape index (κ3) is 3.53. The molecule has 1 saturated heterocycles. The first-order valence-corrected chi connectivity index (χ1v) is 7.88. The van der Waals surface area contributed by atoms with E-state index in [-0.39, 0.29) is 11.8 Å². The van der Waals surface area contributed by atoms with Crippen LogP contribution in [0.1, 0.15) is 36.5 Å². The Hall–Kier alpha value is -1.75. The number of methoxy groups -OCH3 is 1. The van der Waals surface area contributed by atoms with Crippen LogP contribution in [-0.2, 0) is 4.79 Å². The fraction of sp³-hybridized carbons (Fsp3) is 0.500. The lowest BCUT2D eigenvalue weighted by Crippen LogP contribution is -2.46. The maximum Gasteiger partial charge on any atom is 0.258 e. The van der Waals surface area contributed by atoms with E-state index in [4.69, 9.17) is 16.3 Å². The number of rotatable bonds is 5. The summed E-state index contributed by atoms with van der Waals surface area (Å²) < 4.78 is 5.23. The first kappa shape index (κ1) is 16.6. The second-order valence-corrected chi connectivity index (χ2v) is 5.73. The van der Waals surface area contributed by atoms with Gasteiger partial charge in [-0.2, -0.15) is 0 Å². The van der Waals surface area contributed by atoms with Crippen LogP contribution in [0.5, 0.6) is 5.75 Å². The summed E-state index contributed by atoms with van der Waals surface area (Å²) in [6.07, 6.45) is 2.37. The predicted molar refractivity (Wildman–Crippen MR) is 85.4 cm³/mol. The van der Waals surface area contributed by atoms with Gasteiger partial charge in [0.2, 0.25) is 5.91 Å². The molecule has 5 nitrogen and oxygen atoms in total. The zero-order valence-corrected chi connectivity index (χ0v) is 13.7. The van der Waals surface area contributed by atoms with Crippen LogP contribution in [0, 0.1) is 0 Å². The highest BCUT2D eigenvalue weighted by molar-refractivity contribution is 6.31. The number of carbonyl (C=O) groups excluding carboxylic acids is 2. The molecule has 0 aliphatic carbocycles. The molecule has 1 aliphatic heterocycles. The number of hydrogen-bond acceptors (Lipinski definition) is 3. The minimum Gasteiger partial charge on any atom is -0.496 e. The molecule has 1 aliphatic rings. The van der Waals surface area contributed by atoms with E-state index in [0.717, 1.165) is 12.8 Å². The van der Waals surface area contributed by atoms with Gasteiger partial charge in [-0.3, -0.25) is 9.59 Å². The topological polar surface area (TPSA) is 58.6 Å². The van der Waals surface area contributed by atoms with Gasteiger partial charge in [0.1, 0.15) is 11.8 Å². The summed E-state index contributed by atoms with van der Waals surface area (Å²) in [4.78, 5) is 26.6. The molecule has 0 bridgehead atoms. The number of nitrogens with one attached hydrogen (secondary N) is 1. The zero-order chi connectivity index (χ0) is 16.1. The van der Waals surface area contributed by atoms with E-state index in [1.54, 1.807) is 23.1 Å². The van der Waals surface area contributed by atoms with Crippen molar-refractivity contribution >= 4 is 23.4 Å². The highest BCUT2D eigenvalue weighted by Gasteiger charge is 2.35. The summed E-state index contributed by atoms with van der Waals surface area (Å²) in [6.45, 7) is 3.19. The van der Waals surface area contributed by atoms with Crippen molar-refractivity contribution in [3.8, 4) is 5.75 Å². The third-order valence-corrected chi connectivity index (χ3v) is 3.99. The van der Waals surface area contributed by atoms with Crippen LogP contribution in [-0.4, -0.2) is 43.0 Å². The van der Waals surface area contributed by atoms with Crippen LogP contribution in [0.15, 0.2) is 18.2 Å². The molecule has 1 N–H and O–H groups in total. The lowest BCUT2D eigenvalue weighted by Gasteiger charge is -2.24. The highest BCUT2D eigenvalue weighted by atomic mass is 35.5. The van der Waals surface area contributed by atoms with Gasteiger partial charge in [-0.15, -0.1) is 0 Å². The fourth-order valence-corrected chi connectivity index (χ4v) is 2.82. The number of benzene rings is 1. The predicted octanol–water partition coefficient (Wildman–Crippen LogP) is 2.48. The molecule has 22 heavy (non-hydrogen) atoms. The quantitative estimate of drug-likeness (QED) is 0.905. The highest BCUT2D eigenvalue weighted by Crippen LogP contribution is 2.27. The summed E-state index contributed by atoms with van der Waals surface area (Å²) in [6, 6.07) is 4.51. The van der Waals surface area contributed by atoms with Gasteiger partial charge in [0.15, 0.2) is 0 Å². The van der Waals surface area contributed by atoms with Crippen LogP contribution in [0.3, 0.4) is 0 Å². The van der Waals surface area contributed by atoms with Crippen LogP contribution < -0.4 is 10.1 Å². The van der Waals surface area contributed by atoms with Gasteiger partial charge in [0.05, 0.1) is 12.7 Å². The van der Waals surface area contributed by atoms with Gasteiger partial charge in [0, 0.05) is 18.1 Å². The van der Waals surface area contributed by atoms with Crippen molar-refractivity contribution in [2.45, 2.75) is 32.2 Å². The van der Waals surface area contributed by atoms with E-state index >= 15 is 0 Å². The number of nitrogens with zero attached hydrogens (tertiary/aromatic N) is 1. The molecule has 6 heteroatoms. The molecule has 1 atom stereocenters. The Morgan fingerprint density at radius 3 is 2.91 bits per heavy atom. The molecule has 1 fully saturated rings. The Balaban J connectivity index is 2.21. The van der Waals surface area contributed by atoms with E-state index in [2.05, 4.69) is 5.32 Å². The summed E-state index contributed by atoms with van der Waals surface area (Å²) >= 11 is 5.99. The smallest absolute Gasteiger partial charge is 0.258 e. The number of halogens is 1. The number of likely N-dealkylation sites (tertiary alicyclic amines) is 1. The van der Waals surface area contributed by atoms with Crippen molar-refractivity contribution in [1.29, 1.82) is 0 Å². The molecular weight excluding hydrogens is 304 g/mol. The van der Waals surface area contributed by atoms with E-state index in [0.29, 0.717) is 35.8 Å². The second-order valence-electron chi connectivity index (χ2n) is 5.29. The summed E-state index contributed by atoms with van der Waals surface area (Å²) in [5.41, 5.74) is 0.394. The van der Waals surface area contributed by atoms with Gasteiger partial charge in [-0.05, 0) is 37.5 Å². The van der Waals surface area contributed by atoms with Crippen LogP contribution in [0.4, 0.5) is 0 Å². The average molecular weight is 325 g/mol. The summed E-state index contributed by atoms with van der Waals surface area (Å²) in [5.74, 6) is 0.163. The Morgan fingerprint density at radius 1 is 1.45 bits per heavy atom. The minimum atomic E-state index is -0.414. The Morgan fingerprint density at radius 2 is 2.23 bits per heavy atom. The van der Waals surface area contributed by atoms with E-state index in [1.807, 2.05) is 6.92 Å². The van der Waals surface area contributed by atoms with Gasteiger partial charge < -0.3 is 15.0 Å². The molecule has 0 spiro atoms. The molecule has 0 saturated carbocycles. The fourth-order valence-electron chi connectivity index (χ4n) is 2.65. The molecule has 1 aromatic carbocycles. The molecule has 1 heterocycles. The maximum atomic E-state index is 12.8. The van der Waals surface area contributed by atoms with Crippen LogP contribution in [0.25, 0.3) is 0 Å². The lowest BCUT2D eigenvalue weighted by molar-refractivity contribution is -0.124. The third-order valence-electron chi connectivity index (χ3n) is 3.76. The van der Waals surface area contributed by atoms with Crippen molar-refractivity contribution in [3.63, 3.8) is 0 Å². The summed E-state index contributed by atoms with van der Waals surface area (Å²) in [7, 11) is 1.51. The van der Waals surface area contributed by atoms with Crippen LogP contribution in [0.2, 0.25) is 5.02 Å². The van der Waals surface area contributed by atoms with E-state index in [1.165, 1.54) is 7.11 Å². The number of hydrogen-bond donors (Lipinski definition) is 1. The Kier molecular flexibility index (Phi) is 5.66. The average Bonchev–Trinajstić information content (AvgIpc) is 3.01. The molecule has 1 aromatic rings. The monoisotopic (exact) mass is 324 g/mol. The Bertz CT molecular complexity index is 562. The van der Waals surface area contributed by atoms with Crippen molar-refractivity contribution in [3.05, 3.63) is 28.8 Å². The van der Waals surface area contributed by atoms with Gasteiger partial charge >= 0.3 is 0 Å². The van der Waals surface area contributed by atoms with Gasteiger partial charge in [-0.1, -0.05) is 18.5 Å². The molecular formula is C16H21ClN2O3. The normalized spacial score (nSPS) is 17.4. The Labute approximate surface area is 135 Å². The van der Waals surface area contributed by atoms with Crippen LogP contribution >= 0.6 is 11.6 Å². The summed E-state index contributed by atoms with van der Waals surface area (Å²) in [5, 5.41) is 3.33. The zero-order valence-electron chi connectivity index (χ0n) is 12.9. The first-order chi connectivity index (χ1) is 10.6. The van der Waals surface area contributed by atoms with E-state index < -0.39 is 6.04 Å². The molecule has 2 amide bonds. The molecule has 0 aromatic heterocycles.